The first-order valence-electron chi connectivity index (χ1n) is 6.65. The molecule has 1 aliphatic heterocycles. The lowest BCUT2D eigenvalue weighted by Gasteiger charge is -2.42. The van der Waals surface area contributed by atoms with Crippen molar-refractivity contribution in [1.82, 2.24) is 0 Å². The fourth-order valence-electron chi connectivity index (χ4n) is 3.42. The molecule has 1 saturated carbocycles. The van der Waals surface area contributed by atoms with Gasteiger partial charge in [-0.25, -0.2) is 4.39 Å². The zero-order valence-electron chi connectivity index (χ0n) is 10.0. The minimum absolute atomic E-state index is 0.197. The summed E-state index contributed by atoms with van der Waals surface area (Å²) < 4.78 is 19.4. The Morgan fingerprint density at radius 2 is 1.88 bits per heavy atom. The number of halogens is 1. The maximum atomic E-state index is 13.4. The van der Waals surface area contributed by atoms with E-state index in [0.717, 1.165) is 25.9 Å². The number of alkyl halides is 1. The lowest BCUT2D eigenvalue weighted by atomic mass is 9.71. The molecule has 92 valence electrons. The molecule has 0 aromatic heterocycles. The minimum atomic E-state index is -0.578. The topological polar surface area (TPSA) is 9.23 Å². The zero-order valence-corrected chi connectivity index (χ0v) is 10.0. The van der Waals surface area contributed by atoms with Crippen LogP contribution >= 0.6 is 0 Å². The Kier molecular flexibility index (Phi) is 3.15. The Bertz CT molecular complexity index is 364. The van der Waals surface area contributed by atoms with Crippen LogP contribution in [0.2, 0.25) is 0 Å². The van der Waals surface area contributed by atoms with Crippen molar-refractivity contribution in [2.45, 2.75) is 38.0 Å². The molecule has 0 N–H and O–H groups in total. The van der Waals surface area contributed by atoms with Crippen molar-refractivity contribution in [2.24, 2.45) is 11.8 Å². The molecule has 2 fully saturated rings. The standard InChI is InChI=1S/C15H19FO/c16-13-6-7-14-12(10-13)8-9-17-15(14)11-4-2-1-3-5-11/h1-5,12-15H,6-10H2/t12-,13?,14-,15+/m0/s1. The Hall–Kier alpha value is -0.890. The van der Waals surface area contributed by atoms with E-state index < -0.39 is 6.17 Å². The van der Waals surface area contributed by atoms with Crippen LogP contribution in [0.15, 0.2) is 30.3 Å². The monoisotopic (exact) mass is 234 g/mol. The van der Waals surface area contributed by atoms with Gasteiger partial charge in [0.15, 0.2) is 0 Å². The van der Waals surface area contributed by atoms with Gasteiger partial charge in [0.2, 0.25) is 0 Å². The second-order valence-corrected chi connectivity index (χ2v) is 5.33. The molecule has 0 amide bonds. The fourth-order valence-corrected chi connectivity index (χ4v) is 3.42. The van der Waals surface area contributed by atoms with Gasteiger partial charge < -0.3 is 4.74 Å². The normalized spacial score (nSPS) is 37.5. The number of hydrogen-bond acceptors (Lipinski definition) is 1. The van der Waals surface area contributed by atoms with E-state index in [-0.39, 0.29) is 6.10 Å². The van der Waals surface area contributed by atoms with Gasteiger partial charge in [-0.3, -0.25) is 0 Å². The maximum absolute atomic E-state index is 13.4. The summed E-state index contributed by atoms with van der Waals surface area (Å²) in [6.07, 6.45) is 3.10. The SMILES string of the molecule is FC1CC[C@H]2[C@@H](CCO[C@@H]2c2ccccc2)C1. The van der Waals surface area contributed by atoms with E-state index in [0.29, 0.717) is 18.3 Å². The quantitative estimate of drug-likeness (QED) is 0.716. The molecule has 1 heterocycles. The van der Waals surface area contributed by atoms with Crippen molar-refractivity contribution in [3.63, 3.8) is 0 Å². The van der Waals surface area contributed by atoms with E-state index in [1.807, 2.05) is 6.07 Å². The van der Waals surface area contributed by atoms with E-state index in [9.17, 15) is 4.39 Å². The Balaban J connectivity index is 1.81. The van der Waals surface area contributed by atoms with Crippen LogP contribution in [0.1, 0.15) is 37.4 Å². The van der Waals surface area contributed by atoms with Crippen LogP contribution in [0.5, 0.6) is 0 Å². The Morgan fingerprint density at radius 3 is 2.71 bits per heavy atom. The first-order valence-corrected chi connectivity index (χ1v) is 6.65. The second-order valence-electron chi connectivity index (χ2n) is 5.33. The molecule has 1 saturated heterocycles. The first kappa shape index (κ1) is 11.2. The molecule has 1 aliphatic carbocycles. The summed E-state index contributed by atoms with van der Waals surface area (Å²) in [5, 5.41) is 0. The second kappa shape index (κ2) is 4.77. The van der Waals surface area contributed by atoms with Crippen molar-refractivity contribution in [1.29, 1.82) is 0 Å². The molecule has 4 atom stereocenters. The van der Waals surface area contributed by atoms with E-state index in [1.165, 1.54) is 5.56 Å². The number of hydrogen-bond donors (Lipinski definition) is 0. The maximum Gasteiger partial charge on any atom is 0.100 e. The van der Waals surface area contributed by atoms with E-state index >= 15 is 0 Å². The van der Waals surface area contributed by atoms with Crippen LogP contribution < -0.4 is 0 Å². The molecule has 1 unspecified atom stereocenters. The smallest absolute Gasteiger partial charge is 0.100 e. The highest BCUT2D eigenvalue weighted by atomic mass is 19.1. The highest BCUT2D eigenvalue weighted by Gasteiger charge is 2.39. The average molecular weight is 234 g/mol. The summed E-state index contributed by atoms with van der Waals surface area (Å²) in [6, 6.07) is 10.4. The van der Waals surface area contributed by atoms with Gasteiger partial charge in [-0.1, -0.05) is 30.3 Å². The zero-order chi connectivity index (χ0) is 11.7. The third-order valence-electron chi connectivity index (χ3n) is 4.28. The van der Waals surface area contributed by atoms with Crippen LogP contribution in [0.3, 0.4) is 0 Å². The molecule has 2 heteroatoms. The summed E-state index contributed by atoms with van der Waals surface area (Å²) in [7, 11) is 0. The van der Waals surface area contributed by atoms with Crippen LogP contribution in [0.25, 0.3) is 0 Å². The van der Waals surface area contributed by atoms with Gasteiger partial charge in [-0.2, -0.15) is 0 Å². The summed E-state index contributed by atoms with van der Waals surface area (Å²) in [5.41, 5.74) is 1.26. The minimum Gasteiger partial charge on any atom is -0.373 e. The lowest BCUT2D eigenvalue weighted by Crippen LogP contribution is -2.36. The van der Waals surface area contributed by atoms with Gasteiger partial charge in [-0.05, 0) is 43.1 Å². The number of ether oxygens (including phenoxy) is 1. The highest BCUT2D eigenvalue weighted by Crippen LogP contribution is 2.45. The number of rotatable bonds is 1. The summed E-state index contributed by atoms with van der Waals surface area (Å²) >= 11 is 0. The fraction of sp³-hybridized carbons (Fsp3) is 0.600. The van der Waals surface area contributed by atoms with E-state index in [2.05, 4.69) is 24.3 Å². The lowest BCUT2D eigenvalue weighted by molar-refractivity contribution is -0.0831. The number of benzene rings is 1. The van der Waals surface area contributed by atoms with Crippen molar-refractivity contribution in [2.75, 3.05) is 6.61 Å². The van der Waals surface area contributed by atoms with Gasteiger partial charge in [0.05, 0.1) is 6.10 Å². The molecule has 1 nitrogen and oxygen atoms in total. The molecule has 3 rings (SSSR count). The van der Waals surface area contributed by atoms with Gasteiger partial charge >= 0.3 is 0 Å². The Morgan fingerprint density at radius 1 is 1.06 bits per heavy atom. The highest BCUT2D eigenvalue weighted by molar-refractivity contribution is 5.19. The third-order valence-corrected chi connectivity index (χ3v) is 4.28. The first-order chi connectivity index (χ1) is 8.34. The van der Waals surface area contributed by atoms with Crippen molar-refractivity contribution in [3.05, 3.63) is 35.9 Å². The molecule has 0 spiro atoms. The predicted octanol–water partition coefficient (Wildman–Crippen LogP) is 3.90. The largest absolute Gasteiger partial charge is 0.373 e. The van der Waals surface area contributed by atoms with Gasteiger partial charge in [0, 0.05) is 6.61 Å². The van der Waals surface area contributed by atoms with Crippen LogP contribution in [-0.4, -0.2) is 12.8 Å². The number of fused-ring (bicyclic) bond motifs is 1. The van der Waals surface area contributed by atoms with Crippen LogP contribution in [-0.2, 0) is 4.74 Å². The van der Waals surface area contributed by atoms with Gasteiger partial charge in [0.25, 0.3) is 0 Å². The average Bonchev–Trinajstić information content (AvgIpc) is 2.39. The van der Waals surface area contributed by atoms with Crippen molar-refractivity contribution >= 4 is 0 Å². The molecule has 2 aliphatic rings. The molecular weight excluding hydrogens is 215 g/mol. The molecule has 1 aromatic rings. The summed E-state index contributed by atoms with van der Waals surface area (Å²) in [5.74, 6) is 1.05. The van der Waals surface area contributed by atoms with E-state index in [4.69, 9.17) is 4.74 Å². The Labute approximate surface area is 102 Å². The van der Waals surface area contributed by atoms with Gasteiger partial charge in [-0.15, -0.1) is 0 Å². The summed E-state index contributed by atoms with van der Waals surface area (Å²) in [4.78, 5) is 0. The van der Waals surface area contributed by atoms with Crippen molar-refractivity contribution in [3.8, 4) is 0 Å². The molecule has 17 heavy (non-hydrogen) atoms. The van der Waals surface area contributed by atoms with Crippen LogP contribution in [0.4, 0.5) is 4.39 Å². The third kappa shape index (κ3) is 2.23. The molecule has 0 radical (unpaired) electrons. The molecule has 0 bridgehead atoms. The predicted molar refractivity (Wildman–Crippen MR) is 65.5 cm³/mol. The molecule has 1 aromatic carbocycles. The molecular formula is C15H19FO. The van der Waals surface area contributed by atoms with E-state index in [1.54, 1.807) is 0 Å². The van der Waals surface area contributed by atoms with Crippen LogP contribution in [0, 0.1) is 11.8 Å². The van der Waals surface area contributed by atoms with Crippen molar-refractivity contribution < 1.29 is 9.13 Å². The van der Waals surface area contributed by atoms with Gasteiger partial charge in [0.1, 0.15) is 6.17 Å². The summed E-state index contributed by atoms with van der Waals surface area (Å²) in [6.45, 7) is 0.785.